The van der Waals surface area contributed by atoms with E-state index in [1.807, 2.05) is 13.8 Å². The van der Waals surface area contributed by atoms with Gasteiger partial charge in [-0.1, -0.05) is 13.8 Å². The van der Waals surface area contributed by atoms with Crippen molar-refractivity contribution in [3.8, 4) is 5.75 Å². The van der Waals surface area contributed by atoms with Gasteiger partial charge in [-0.3, -0.25) is 0 Å². The highest BCUT2D eigenvalue weighted by Crippen LogP contribution is 2.28. The zero-order valence-electron chi connectivity index (χ0n) is 11.5. The summed E-state index contributed by atoms with van der Waals surface area (Å²) in [6, 6.07) is 4.83. The average molecular weight is 350 g/mol. The first-order valence-electron chi connectivity index (χ1n) is 6.31. The first-order chi connectivity index (χ1) is 8.97. The summed E-state index contributed by atoms with van der Waals surface area (Å²) in [5.74, 6) is 0.622. The Morgan fingerprint density at radius 2 is 1.79 bits per heavy atom. The van der Waals surface area contributed by atoms with Gasteiger partial charge in [0.1, 0.15) is 5.75 Å². The summed E-state index contributed by atoms with van der Waals surface area (Å²) >= 11 is 3.32. The van der Waals surface area contributed by atoms with E-state index in [0.29, 0.717) is 28.2 Å². The number of nitrogens with zero attached hydrogens (tertiary/aromatic N) is 1. The molecule has 108 valence electrons. The Labute approximate surface area is 123 Å². The number of sulfonamides is 1. The number of ether oxygens (including phenoxy) is 1. The lowest BCUT2D eigenvalue weighted by atomic mass is 10.3. The first kappa shape index (κ1) is 16.5. The monoisotopic (exact) mass is 349 g/mol. The van der Waals surface area contributed by atoms with Crippen molar-refractivity contribution in [1.82, 2.24) is 4.31 Å². The van der Waals surface area contributed by atoms with Gasteiger partial charge in [0.2, 0.25) is 10.0 Å². The lowest BCUT2D eigenvalue weighted by molar-refractivity contribution is 0.407. The second kappa shape index (κ2) is 7.26. The van der Waals surface area contributed by atoms with E-state index in [4.69, 9.17) is 4.74 Å². The van der Waals surface area contributed by atoms with Gasteiger partial charge in [-0.15, -0.1) is 0 Å². The van der Waals surface area contributed by atoms with Crippen LogP contribution in [0.4, 0.5) is 0 Å². The molecule has 19 heavy (non-hydrogen) atoms. The van der Waals surface area contributed by atoms with Crippen molar-refractivity contribution in [2.75, 3.05) is 20.2 Å². The van der Waals surface area contributed by atoms with Crippen LogP contribution < -0.4 is 4.74 Å². The summed E-state index contributed by atoms with van der Waals surface area (Å²) in [4.78, 5) is 0.294. The number of methoxy groups -OCH3 is 1. The van der Waals surface area contributed by atoms with Crippen LogP contribution in [0.3, 0.4) is 0 Å². The molecule has 0 saturated heterocycles. The van der Waals surface area contributed by atoms with Crippen molar-refractivity contribution in [1.29, 1.82) is 0 Å². The molecule has 0 aliphatic carbocycles. The van der Waals surface area contributed by atoms with Crippen molar-refractivity contribution in [3.63, 3.8) is 0 Å². The van der Waals surface area contributed by atoms with E-state index in [2.05, 4.69) is 15.9 Å². The lowest BCUT2D eigenvalue weighted by Gasteiger charge is -2.21. The molecule has 0 bridgehead atoms. The van der Waals surface area contributed by atoms with Crippen LogP contribution in [-0.2, 0) is 10.0 Å². The Morgan fingerprint density at radius 1 is 1.21 bits per heavy atom. The first-order valence-corrected chi connectivity index (χ1v) is 8.54. The molecule has 0 aromatic heterocycles. The van der Waals surface area contributed by atoms with Crippen LogP contribution in [0.5, 0.6) is 5.75 Å². The maximum Gasteiger partial charge on any atom is 0.243 e. The normalized spacial score (nSPS) is 11.8. The molecule has 6 heteroatoms. The molecule has 0 aliphatic rings. The van der Waals surface area contributed by atoms with Crippen molar-refractivity contribution in [2.45, 2.75) is 31.6 Å². The van der Waals surface area contributed by atoms with Crippen LogP contribution >= 0.6 is 15.9 Å². The molecule has 0 unspecified atom stereocenters. The summed E-state index contributed by atoms with van der Waals surface area (Å²) in [5, 5.41) is 0. The highest BCUT2D eigenvalue weighted by Gasteiger charge is 2.23. The van der Waals surface area contributed by atoms with Crippen LogP contribution in [0.15, 0.2) is 27.6 Å². The Balaban J connectivity index is 3.14. The van der Waals surface area contributed by atoms with Crippen LogP contribution in [0.2, 0.25) is 0 Å². The Kier molecular flexibility index (Phi) is 6.29. The number of hydrogen-bond donors (Lipinski definition) is 0. The van der Waals surface area contributed by atoms with Gasteiger partial charge in [-0.2, -0.15) is 4.31 Å². The topological polar surface area (TPSA) is 46.6 Å². The van der Waals surface area contributed by atoms with Crippen molar-refractivity contribution in [2.24, 2.45) is 0 Å². The quantitative estimate of drug-likeness (QED) is 0.758. The molecule has 1 aromatic carbocycles. The molecule has 0 aliphatic heterocycles. The van der Waals surface area contributed by atoms with Crippen molar-refractivity contribution in [3.05, 3.63) is 22.7 Å². The van der Waals surface area contributed by atoms with Crippen molar-refractivity contribution >= 4 is 26.0 Å². The number of benzene rings is 1. The summed E-state index contributed by atoms with van der Waals surface area (Å²) < 4.78 is 32.3. The van der Waals surface area contributed by atoms with E-state index in [1.54, 1.807) is 25.3 Å². The SMILES string of the molecule is CCCN(CCC)S(=O)(=O)c1ccc(OC)c(Br)c1. The smallest absolute Gasteiger partial charge is 0.243 e. The van der Waals surface area contributed by atoms with E-state index in [9.17, 15) is 8.42 Å². The van der Waals surface area contributed by atoms with E-state index < -0.39 is 10.0 Å². The van der Waals surface area contributed by atoms with Gasteiger partial charge in [0, 0.05) is 13.1 Å². The number of halogens is 1. The second-order valence-electron chi connectivity index (χ2n) is 4.20. The fourth-order valence-electron chi connectivity index (χ4n) is 1.81. The highest BCUT2D eigenvalue weighted by molar-refractivity contribution is 9.10. The Hall–Kier alpha value is -0.590. The lowest BCUT2D eigenvalue weighted by Crippen LogP contribution is -2.32. The number of hydrogen-bond acceptors (Lipinski definition) is 3. The molecule has 0 heterocycles. The zero-order chi connectivity index (χ0) is 14.5. The fraction of sp³-hybridized carbons (Fsp3) is 0.538. The van der Waals surface area contributed by atoms with Crippen LogP contribution in [0, 0.1) is 0 Å². The van der Waals surface area contributed by atoms with E-state index in [1.165, 1.54) is 4.31 Å². The second-order valence-corrected chi connectivity index (χ2v) is 6.99. The molecular weight excluding hydrogens is 330 g/mol. The summed E-state index contributed by atoms with van der Waals surface area (Å²) in [5.41, 5.74) is 0. The maximum atomic E-state index is 12.5. The summed E-state index contributed by atoms with van der Waals surface area (Å²) in [7, 11) is -1.87. The predicted molar refractivity (Wildman–Crippen MR) is 80.0 cm³/mol. The van der Waals surface area contributed by atoms with Gasteiger partial charge in [0.25, 0.3) is 0 Å². The predicted octanol–water partition coefficient (Wildman–Crippen LogP) is 3.27. The standard InChI is InChI=1S/C13H20BrNO3S/c1-4-8-15(9-5-2)19(16,17)11-6-7-13(18-3)12(14)10-11/h6-7,10H,4-5,8-9H2,1-3H3. The minimum Gasteiger partial charge on any atom is -0.496 e. The fourth-order valence-corrected chi connectivity index (χ4v) is 4.15. The van der Waals surface area contributed by atoms with Crippen LogP contribution in [-0.4, -0.2) is 32.9 Å². The van der Waals surface area contributed by atoms with Gasteiger partial charge < -0.3 is 4.74 Å². The zero-order valence-corrected chi connectivity index (χ0v) is 13.9. The molecule has 0 spiro atoms. The third-order valence-electron chi connectivity index (χ3n) is 2.71. The molecule has 1 aromatic rings. The molecule has 0 saturated carbocycles. The summed E-state index contributed by atoms with van der Waals surface area (Å²) in [6.07, 6.45) is 1.60. The van der Waals surface area contributed by atoms with E-state index in [0.717, 1.165) is 12.8 Å². The van der Waals surface area contributed by atoms with Crippen molar-refractivity contribution < 1.29 is 13.2 Å². The number of rotatable bonds is 7. The molecule has 0 radical (unpaired) electrons. The van der Waals surface area contributed by atoms with Gasteiger partial charge >= 0.3 is 0 Å². The average Bonchev–Trinajstić information content (AvgIpc) is 2.38. The molecular formula is C13H20BrNO3S. The summed E-state index contributed by atoms with van der Waals surface area (Å²) in [6.45, 7) is 5.03. The molecule has 1 rings (SSSR count). The molecule has 0 N–H and O–H groups in total. The Morgan fingerprint density at radius 3 is 2.21 bits per heavy atom. The van der Waals surface area contributed by atoms with E-state index in [-0.39, 0.29) is 0 Å². The largest absolute Gasteiger partial charge is 0.496 e. The third kappa shape index (κ3) is 3.94. The third-order valence-corrected chi connectivity index (χ3v) is 5.22. The highest BCUT2D eigenvalue weighted by atomic mass is 79.9. The van der Waals surface area contributed by atoms with Gasteiger partial charge in [0.05, 0.1) is 16.5 Å². The maximum absolute atomic E-state index is 12.5. The van der Waals surface area contributed by atoms with Gasteiger partial charge in [0.15, 0.2) is 0 Å². The molecule has 0 fully saturated rings. The minimum atomic E-state index is -3.43. The Bertz CT molecular complexity index is 511. The minimum absolute atomic E-state index is 0.294. The van der Waals surface area contributed by atoms with Crippen LogP contribution in [0.25, 0.3) is 0 Å². The van der Waals surface area contributed by atoms with Gasteiger partial charge in [-0.25, -0.2) is 8.42 Å². The van der Waals surface area contributed by atoms with E-state index >= 15 is 0 Å². The van der Waals surface area contributed by atoms with Crippen LogP contribution in [0.1, 0.15) is 26.7 Å². The molecule has 4 nitrogen and oxygen atoms in total. The molecule has 0 amide bonds. The van der Waals surface area contributed by atoms with Gasteiger partial charge in [-0.05, 0) is 47.0 Å². The molecule has 0 atom stereocenters.